The molecule has 19 heavy (non-hydrogen) atoms. The van der Waals surface area contributed by atoms with E-state index >= 15 is 0 Å². The van der Waals surface area contributed by atoms with Gasteiger partial charge in [-0.25, -0.2) is 14.4 Å². The van der Waals surface area contributed by atoms with E-state index < -0.39 is 0 Å². The largest absolute Gasteiger partial charge is 0.339 e. The number of nitrogens with zero attached hydrogens (tertiary/aromatic N) is 2. The lowest BCUT2D eigenvalue weighted by molar-refractivity contribution is 0.627. The van der Waals surface area contributed by atoms with Gasteiger partial charge in [0, 0.05) is 16.5 Å². The highest BCUT2D eigenvalue weighted by molar-refractivity contribution is 9.10. The van der Waals surface area contributed by atoms with E-state index in [1.165, 1.54) is 12.1 Å². The van der Waals surface area contributed by atoms with Crippen molar-refractivity contribution in [2.45, 2.75) is 20.3 Å². The van der Waals surface area contributed by atoms with Crippen LogP contribution >= 0.6 is 27.5 Å². The molecular weight excluding hydrogens is 333 g/mol. The topological polar surface area (TPSA) is 37.8 Å². The van der Waals surface area contributed by atoms with Crippen LogP contribution in [0.15, 0.2) is 22.7 Å². The Morgan fingerprint density at radius 2 is 2.11 bits per heavy atom. The highest BCUT2D eigenvalue weighted by Crippen LogP contribution is 2.28. The van der Waals surface area contributed by atoms with E-state index in [1.54, 1.807) is 6.07 Å². The molecule has 0 spiro atoms. The van der Waals surface area contributed by atoms with Crippen molar-refractivity contribution in [3.8, 4) is 0 Å². The first-order valence-electron chi connectivity index (χ1n) is 5.76. The van der Waals surface area contributed by atoms with E-state index in [-0.39, 0.29) is 5.82 Å². The van der Waals surface area contributed by atoms with E-state index in [9.17, 15) is 4.39 Å². The summed E-state index contributed by atoms with van der Waals surface area (Å²) in [4.78, 5) is 8.56. The first-order valence-corrected chi connectivity index (χ1v) is 6.93. The lowest BCUT2D eigenvalue weighted by Crippen LogP contribution is -2.03. The second-order valence-electron chi connectivity index (χ2n) is 4.01. The summed E-state index contributed by atoms with van der Waals surface area (Å²) in [6, 6.07) is 4.41. The summed E-state index contributed by atoms with van der Waals surface area (Å²) < 4.78 is 13.7. The van der Waals surface area contributed by atoms with E-state index in [1.807, 2.05) is 13.8 Å². The van der Waals surface area contributed by atoms with Gasteiger partial charge in [0.25, 0.3) is 0 Å². The number of anilines is 2. The van der Waals surface area contributed by atoms with Crippen LogP contribution in [0.2, 0.25) is 5.15 Å². The van der Waals surface area contributed by atoms with Crippen molar-refractivity contribution in [2.24, 2.45) is 0 Å². The number of aromatic nitrogens is 2. The molecule has 100 valence electrons. The Morgan fingerprint density at radius 3 is 2.74 bits per heavy atom. The lowest BCUT2D eigenvalue weighted by atomic mass is 10.2. The van der Waals surface area contributed by atoms with Crippen LogP contribution in [0.3, 0.4) is 0 Å². The van der Waals surface area contributed by atoms with Crippen LogP contribution in [0.1, 0.15) is 18.3 Å². The highest BCUT2D eigenvalue weighted by atomic mass is 79.9. The predicted molar refractivity (Wildman–Crippen MR) is 78.5 cm³/mol. The molecule has 0 atom stereocenters. The number of hydrogen-bond donors (Lipinski definition) is 1. The maximum absolute atomic E-state index is 13.0. The molecule has 3 nitrogen and oxygen atoms in total. The van der Waals surface area contributed by atoms with Gasteiger partial charge in [0.1, 0.15) is 22.6 Å². The number of rotatable bonds is 3. The second-order valence-corrected chi connectivity index (χ2v) is 5.22. The summed E-state index contributed by atoms with van der Waals surface area (Å²) in [5.41, 5.74) is 1.48. The number of halogens is 3. The minimum Gasteiger partial charge on any atom is -0.339 e. The molecule has 1 aromatic carbocycles. The van der Waals surface area contributed by atoms with Gasteiger partial charge in [-0.2, -0.15) is 0 Å². The van der Waals surface area contributed by atoms with Gasteiger partial charge in [-0.1, -0.05) is 18.5 Å². The molecule has 0 radical (unpaired) electrons. The Balaban J connectivity index is 2.40. The monoisotopic (exact) mass is 343 g/mol. The minimum absolute atomic E-state index is 0.302. The van der Waals surface area contributed by atoms with Gasteiger partial charge in [0.15, 0.2) is 0 Å². The second kappa shape index (κ2) is 5.84. The Labute approximate surface area is 124 Å². The van der Waals surface area contributed by atoms with Crippen molar-refractivity contribution in [1.82, 2.24) is 9.97 Å². The summed E-state index contributed by atoms with van der Waals surface area (Å²) >= 11 is 9.37. The zero-order chi connectivity index (χ0) is 14.0. The molecule has 0 aliphatic rings. The van der Waals surface area contributed by atoms with Crippen molar-refractivity contribution in [2.75, 3.05) is 5.32 Å². The molecule has 1 heterocycles. The molecule has 0 aliphatic carbocycles. The molecule has 0 aliphatic heterocycles. The van der Waals surface area contributed by atoms with Gasteiger partial charge in [-0.05, 0) is 41.1 Å². The number of aryl methyl sites for hydroxylation is 1. The molecule has 2 aromatic rings. The molecule has 0 amide bonds. The third-order valence-electron chi connectivity index (χ3n) is 2.63. The molecular formula is C13H12BrClFN3. The molecule has 6 heteroatoms. The van der Waals surface area contributed by atoms with Crippen LogP contribution in [0, 0.1) is 12.7 Å². The van der Waals surface area contributed by atoms with E-state index in [0.717, 1.165) is 11.3 Å². The van der Waals surface area contributed by atoms with E-state index in [2.05, 4.69) is 31.2 Å². The van der Waals surface area contributed by atoms with Gasteiger partial charge in [-0.15, -0.1) is 0 Å². The van der Waals surface area contributed by atoms with Crippen LogP contribution in [-0.4, -0.2) is 9.97 Å². The van der Waals surface area contributed by atoms with Crippen LogP contribution in [0.4, 0.5) is 15.9 Å². The Hall–Kier alpha value is -1.20. The number of benzene rings is 1. The van der Waals surface area contributed by atoms with Crippen LogP contribution in [0.5, 0.6) is 0 Å². The Bertz CT molecular complexity index is 619. The van der Waals surface area contributed by atoms with Crippen molar-refractivity contribution in [3.63, 3.8) is 0 Å². The van der Waals surface area contributed by atoms with Gasteiger partial charge >= 0.3 is 0 Å². The van der Waals surface area contributed by atoms with Gasteiger partial charge in [0.2, 0.25) is 0 Å². The van der Waals surface area contributed by atoms with Crippen molar-refractivity contribution >= 4 is 39.0 Å². The van der Waals surface area contributed by atoms with Crippen molar-refractivity contribution in [3.05, 3.63) is 45.0 Å². The number of hydrogen-bond acceptors (Lipinski definition) is 3. The van der Waals surface area contributed by atoms with Gasteiger partial charge in [0.05, 0.1) is 5.69 Å². The molecule has 0 bridgehead atoms. The average Bonchev–Trinajstić information content (AvgIpc) is 2.37. The zero-order valence-corrected chi connectivity index (χ0v) is 12.8. The zero-order valence-electron chi connectivity index (χ0n) is 10.5. The average molecular weight is 345 g/mol. The molecule has 1 N–H and O–H groups in total. The Morgan fingerprint density at radius 1 is 1.37 bits per heavy atom. The molecule has 1 aromatic heterocycles. The summed E-state index contributed by atoms with van der Waals surface area (Å²) in [6.07, 6.45) is 0.694. The summed E-state index contributed by atoms with van der Waals surface area (Å²) in [5, 5.41) is 3.56. The fourth-order valence-corrected chi connectivity index (χ4v) is 2.17. The van der Waals surface area contributed by atoms with E-state index in [4.69, 9.17) is 11.6 Å². The van der Waals surface area contributed by atoms with Crippen molar-refractivity contribution < 1.29 is 4.39 Å². The van der Waals surface area contributed by atoms with Crippen LogP contribution in [-0.2, 0) is 6.42 Å². The number of nitrogens with one attached hydrogen (secondary N) is 1. The maximum Gasteiger partial charge on any atom is 0.138 e. The minimum atomic E-state index is -0.302. The molecule has 0 saturated carbocycles. The standard InChI is InChI=1S/C13H12BrClFN3/c1-3-11-18-12(15)7(2)13(19-11)17-10-5-4-8(16)6-9(10)14/h4-6H,3H2,1-2H3,(H,17,18,19). The third-order valence-corrected chi connectivity index (χ3v) is 3.66. The van der Waals surface area contributed by atoms with E-state index in [0.29, 0.717) is 27.7 Å². The fourth-order valence-electron chi connectivity index (χ4n) is 1.53. The van der Waals surface area contributed by atoms with Crippen molar-refractivity contribution in [1.29, 1.82) is 0 Å². The predicted octanol–water partition coefficient (Wildman–Crippen LogP) is 4.65. The Kier molecular flexibility index (Phi) is 4.37. The molecule has 0 saturated heterocycles. The van der Waals surface area contributed by atoms with Gasteiger partial charge in [-0.3, -0.25) is 0 Å². The van der Waals surface area contributed by atoms with Crippen LogP contribution < -0.4 is 5.32 Å². The molecule has 0 fully saturated rings. The molecule has 0 unspecified atom stereocenters. The fraction of sp³-hybridized carbons (Fsp3) is 0.231. The maximum atomic E-state index is 13.0. The summed E-state index contributed by atoms with van der Waals surface area (Å²) in [7, 11) is 0. The summed E-state index contributed by atoms with van der Waals surface area (Å²) in [5.74, 6) is 0.990. The highest BCUT2D eigenvalue weighted by Gasteiger charge is 2.10. The molecule has 2 rings (SSSR count). The lowest BCUT2D eigenvalue weighted by Gasteiger charge is -2.12. The quantitative estimate of drug-likeness (QED) is 0.824. The third kappa shape index (κ3) is 3.22. The normalized spacial score (nSPS) is 10.6. The smallest absolute Gasteiger partial charge is 0.138 e. The van der Waals surface area contributed by atoms with Gasteiger partial charge < -0.3 is 5.32 Å². The summed E-state index contributed by atoms with van der Waals surface area (Å²) in [6.45, 7) is 3.79. The first-order chi connectivity index (χ1) is 9.01. The SMILES string of the molecule is CCc1nc(Cl)c(C)c(Nc2ccc(F)cc2Br)n1. The van der Waals surface area contributed by atoms with Crippen LogP contribution in [0.25, 0.3) is 0 Å². The first kappa shape index (κ1) is 14.2.